The maximum absolute atomic E-state index is 12.2. The Balaban J connectivity index is 1.78. The normalized spacial score (nSPS) is 18.4. The van der Waals surface area contributed by atoms with Crippen molar-refractivity contribution in [3.05, 3.63) is 42.0 Å². The van der Waals surface area contributed by atoms with Crippen molar-refractivity contribution in [3.8, 4) is 5.75 Å². The van der Waals surface area contributed by atoms with Crippen LogP contribution >= 0.6 is 0 Å². The van der Waals surface area contributed by atoms with E-state index in [1.165, 1.54) is 0 Å². The van der Waals surface area contributed by atoms with E-state index in [4.69, 9.17) is 4.74 Å². The number of piperidine rings is 1. The van der Waals surface area contributed by atoms with E-state index in [1.807, 2.05) is 19.1 Å². The highest BCUT2D eigenvalue weighted by molar-refractivity contribution is 5.94. The van der Waals surface area contributed by atoms with Crippen LogP contribution in [-0.4, -0.2) is 54.8 Å². The van der Waals surface area contributed by atoms with Crippen molar-refractivity contribution < 1.29 is 14.6 Å². The average Bonchev–Trinajstić information content (AvgIpc) is 2.53. The molecule has 5 heteroatoms. The molecule has 1 amide bonds. The summed E-state index contributed by atoms with van der Waals surface area (Å²) in [5, 5.41) is 12.6. The van der Waals surface area contributed by atoms with Crippen LogP contribution in [0.15, 0.2) is 36.4 Å². The Morgan fingerprint density at radius 1 is 1.52 bits per heavy atom. The number of benzene rings is 1. The van der Waals surface area contributed by atoms with Crippen molar-refractivity contribution >= 4 is 5.91 Å². The summed E-state index contributed by atoms with van der Waals surface area (Å²) in [4.78, 5) is 14.4. The molecule has 1 heterocycles. The molecule has 1 aliphatic rings. The van der Waals surface area contributed by atoms with E-state index in [1.54, 1.807) is 12.1 Å². The van der Waals surface area contributed by atoms with Gasteiger partial charge in [-0.2, -0.15) is 0 Å². The van der Waals surface area contributed by atoms with Crippen molar-refractivity contribution in [3.63, 3.8) is 0 Å². The van der Waals surface area contributed by atoms with Gasteiger partial charge in [-0.25, -0.2) is 0 Å². The Bertz CT molecular complexity index is 545. The van der Waals surface area contributed by atoms with Crippen LogP contribution < -0.4 is 10.1 Å². The highest BCUT2D eigenvalue weighted by atomic mass is 16.5. The number of amides is 1. The van der Waals surface area contributed by atoms with E-state index in [2.05, 4.69) is 16.8 Å². The van der Waals surface area contributed by atoms with E-state index in [-0.39, 0.29) is 12.0 Å². The lowest BCUT2D eigenvalue weighted by Crippen LogP contribution is -2.42. The molecule has 0 aromatic heterocycles. The van der Waals surface area contributed by atoms with Crippen LogP contribution in [0.3, 0.4) is 0 Å². The number of aliphatic hydroxyl groups excluding tert-OH is 1. The molecule has 1 aromatic rings. The number of hydrogen-bond acceptors (Lipinski definition) is 4. The molecule has 2 rings (SSSR count). The fourth-order valence-electron chi connectivity index (χ4n) is 2.60. The molecule has 1 atom stereocenters. The minimum absolute atomic E-state index is 0.108. The Morgan fingerprint density at radius 2 is 2.35 bits per heavy atom. The molecule has 126 valence electrons. The second kappa shape index (κ2) is 8.70. The van der Waals surface area contributed by atoms with Gasteiger partial charge in [-0.3, -0.25) is 9.69 Å². The minimum atomic E-state index is -0.235. The smallest absolute Gasteiger partial charge is 0.251 e. The molecule has 1 fully saturated rings. The van der Waals surface area contributed by atoms with Gasteiger partial charge in [0.15, 0.2) is 0 Å². The number of rotatable bonds is 7. The molecule has 2 N–H and O–H groups in total. The Labute approximate surface area is 137 Å². The number of nitrogens with one attached hydrogen (secondary N) is 1. The number of aliphatic hydroxyl groups is 1. The van der Waals surface area contributed by atoms with Crippen LogP contribution in [0, 0.1) is 0 Å². The molecule has 0 spiro atoms. The van der Waals surface area contributed by atoms with Gasteiger partial charge in [-0.05, 0) is 50.1 Å². The molecule has 5 nitrogen and oxygen atoms in total. The lowest BCUT2D eigenvalue weighted by atomic mass is 10.1. The number of hydrogen-bond donors (Lipinski definition) is 2. The molecule has 1 saturated heterocycles. The van der Waals surface area contributed by atoms with Crippen molar-refractivity contribution in [1.82, 2.24) is 10.2 Å². The van der Waals surface area contributed by atoms with Crippen molar-refractivity contribution in [1.29, 1.82) is 0 Å². The summed E-state index contributed by atoms with van der Waals surface area (Å²) >= 11 is 0. The van der Waals surface area contributed by atoms with Gasteiger partial charge >= 0.3 is 0 Å². The molecule has 1 aromatic carbocycles. The number of β-amino-alcohol motifs (C(OH)–C–C–N with tert-alkyl or cyclic N) is 1. The predicted octanol–water partition coefficient (Wildman–Crippen LogP) is 1.83. The second-order valence-electron chi connectivity index (χ2n) is 6.13. The number of nitrogens with zero attached hydrogens (tertiary/aromatic N) is 1. The summed E-state index contributed by atoms with van der Waals surface area (Å²) in [6, 6.07) is 7.15. The summed E-state index contributed by atoms with van der Waals surface area (Å²) in [5.41, 5.74) is 1.52. The first kappa shape index (κ1) is 17.5. The SMILES string of the molecule is C=C(C)COc1cccc(C(=O)NCCN2CCC[C@H](O)C2)c1. The van der Waals surface area contributed by atoms with Gasteiger partial charge in [0.25, 0.3) is 5.91 Å². The Morgan fingerprint density at radius 3 is 3.09 bits per heavy atom. The zero-order valence-electron chi connectivity index (χ0n) is 13.8. The zero-order chi connectivity index (χ0) is 16.7. The highest BCUT2D eigenvalue weighted by Gasteiger charge is 2.17. The summed E-state index contributed by atoms with van der Waals surface area (Å²) < 4.78 is 5.55. The van der Waals surface area contributed by atoms with E-state index < -0.39 is 0 Å². The largest absolute Gasteiger partial charge is 0.489 e. The quantitative estimate of drug-likeness (QED) is 0.753. The first-order chi connectivity index (χ1) is 11.0. The molecular weight excluding hydrogens is 292 g/mol. The standard InChI is InChI=1S/C18H26N2O3/c1-14(2)13-23-17-7-3-5-15(11-17)18(22)19-8-10-20-9-4-6-16(21)12-20/h3,5,7,11,16,21H,1,4,6,8-10,12-13H2,2H3,(H,19,22)/t16-/m0/s1. The van der Waals surface area contributed by atoms with Gasteiger partial charge in [0.1, 0.15) is 12.4 Å². The highest BCUT2D eigenvalue weighted by Crippen LogP contribution is 2.14. The van der Waals surface area contributed by atoms with Gasteiger partial charge in [-0.1, -0.05) is 12.6 Å². The summed E-state index contributed by atoms with van der Waals surface area (Å²) in [6.07, 6.45) is 1.65. The topological polar surface area (TPSA) is 61.8 Å². The monoisotopic (exact) mass is 318 g/mol. The van der Waals surface area contributed by atoms with E-state index in [0.717, 1.165) is 31.5 Å². The van der Waals surface area contributed by atoms with Crippen molar-refractivity contribution in [2.45, 2.75) is 25.9 Å². The molecule has 0 bridgehead atoms. The lowest BCUT2D eigenvalue weighted by Gasteiger charge is -2.29. The molecule has 0 radical (unpaired) electrons. The van der Waals surface area contributed by atoms with Crippen molar-refractivity contribution in [2.75, 3.05) is 32.8 Å². The Kier molecular flexibility index (Phi) is 6.62. The van der Waals surface area contributed by atoms with Crippen LogP contribution in [0.5, 0.6) is 5.75 Å². The third-order valence-corrected chi connectivity index (χ3v) is 3.78. The first-order valence-electron chi connectivity index (χ1n) is 8.10. The molecule has 0 aliphatic carbocycles. The zero-order valence-corrected chi connectivity index (χ0v) is 13.8. The van der Waals surface area contributed by atoms with E-state index in [9.17, 15) is 9.90 Å². The van der Waals surface area contributed by atoms with Crippen LogP contribution in [0.4, 0.5) is 0 Å². The predicted molar refractivity (Wildman–Crippen MR) is 90.8 cm³/mol. The van der Waals surface area contributed by atoms with Gasteiger partial charge in [-0.15, -0.1) is 0 Å². The summed E-state index contributed by atoms with van der Waals surface area (Å²) in [7, 11) is 0. The third kappa shape index (κ3) is 6.04. The van der Waals surface area contributed by atoms with Crippen LogP contribution in [0.25, 0.3) is 0 Å². The van der Waals surface area contributed by atoms with Gasteiger partial charge in [0.2, 0.25) is 0 Å². The maximum Gasteiger partial charge on any atom is 0.251 e. The molecule has 1 aliphatic heterocycles. The lowest BCUT2D eigenvalue weighted by molar-refractivity contribution is 0.0703. The summed E-state index contributed by atoms with van der Waals surface area (Å²) in [5.74, 6) is 0.558. The van der Waals surface area contributed by atoms with Crippen LogP contribution in [0.2, 0.25) is 0 Å². The minimum Gasteiger partial charge on any atom is -0.489 e. The van der Waals surface area contributed by atoms with Crippen LogP contribution in [-0.2, 0) is 0 Å². The number of carbonyl (C=O) groups excluding carboxylic acids is 1. The van der Waals surface area contributed by atoms with E-state index in [0.29, 0.717) is 31.0 Å². The maximum atomic E-state index is 12.2. The van der Waals surface area contributed by atoms with Gasteiger partial charge in [0.05, 0.1) is 6.10 Å². The third-order valence-electron chi connectivity index (χ3n) is 3.78. The van der Waals surface area contributed by atoms with Crippen molar-refractivity contribution in [2.24, 2.45) is 0 Å². The molecule has 0 unspecified atom stereocenters. The average molecular weight is 318 g/mol. The Hall–Kier alpha value is -1.85. The fraction of sp³-hybridized carbons (Fsp3) is 0.500. The van der Waals surface area contributed by atoms with E-state index >= 15 is 0 Å². The molecule has 23 heavy (non-hydrogen) atoms. The van der Waals surface area contributed by atoms with Gasteiger partial charge in [0, 0.05) is 25.2 Å². The summed E-state index contributed by atoms with van der Waals surface area (Å²) in [6.45, 7) is 9.14. The number of likely N-dealkylation sites (tertiary alicyclic amines) is 1. The van der Waals surface area contributed by atoms with Crippen LogP contribution in [0.1, 0.15) is 30.1 Å². The molecular formula is C18H26N2O3. The fourth-order valence-corrected chi connectivity index (χ4v) is 2.60. The molecule has 0 saturated carbocycles. The number of carbonyl (C=O) groups is 1. The number of ether oxygens (including phenoxy) is 1. The first-order valence-corrected chi connectivity index (χ1v) is 8.10. The second-order valence-corrected chi connectivity index (χ2v) is 6.13. The van der Waals surface area contributed by atoms with Gasteiger partial charge < -0.3 is 15.2 Å².